The van der Waals surface area contributed by atoms with Crippen molar-refractivity contribution in [1.29, 1.82) is 0 Å². The van der Waals surface area contributed by atoms with Gasteiger partial charge in [0.1, 0.15) is 0 Å². The standard InChI is InChI=1S/C9H20O4S2/c1-8(2)5-14(10,11)7-15(12,13)6-9(3)4/h8-9H,5-7H2,1-4H3. The van der Waals surface area contributed by atoms with Crippen molar-refractivity contribution in [3.63, 3.8) is 0 Å². The molecule has 0 fully saturated rings. The number of hydrogen-bond donors (Lipinski definition) is 0. The average Bonchev–Trinajstić information content (AvgIpc) is 1.73. The topological polar surface area (TPSA) is 68.3 Å². The lowest BCUT2D eigenvalue weighted by atomic mass is 10.3. The van der Waals surface area contributed by atoms with Crippen LogP contribution in [0.2, 0.25) is 0 Å². The highest BCUT2D eigenvalue weighted by atomic mass is 32.3. The molecule has 0 aromatic rings. The van der Waals surface area contributed by atoms with Gasteiger partial charge in [0.25, 0.3) is 0 Å². The van der Waals surface area contributed by atoms with E-state index in [-0.39, 0.29) is 23.3 Å². The molecule has 0 N–H and O–H groups in total. The molecule has 0 aliphatic carbocycles. The number of sulfone groups is 2. The van der Waals surface area contributed by atoms with Crippen molar-refractivity contribution in [2.24, 2.45) is 11.8 Å². The van der Waals surface area contributed by atoms with E-state index in [2.05, 4.69) is 0 Å². The molecule has 0 atom stereocenters. The first-order chi connectivity index (χ1) is 6.54. The van der Waals surface area contributed by atoms with Crippen LogP contribution in [0, 0.1) is 11.8 Å². The quantitative estimate of drug-likeness (QED) is 0.713. The summed E-state index contributed by atoms with van der Waals surface area (Å²) in [5, 5.41) is -0.712. The van der Waals surface area contributed by atoms with E-state index in [0.717, 1.165) is 0 Å². The van der Waals surface area contributed by atoms with Crippen LogP contribution in [0.15, 0.2) is 0 Å². The van der Waals surface area contributed by atoms with Gasteiger partial charge in [0.2, 0.25) is 0 Å². The van der Waals surface area contributed by atoms with Crippen molar-refractivity contribution in [2.75, 3.05) is 16.6 Å². The molecule has 0 saturated heterocycles. The van der Waals surface area contributed by atoms with Crippen molar-refractivity contribution < 1.29 is 16.8 Å². The molecule has 0 aromatic carbocycles. The Bertz CT molecular complexity index is 338. The Labute approximate surface area is 92.9 Å². The third-order valence-electron chi connectivity index (χ3n) is 1.53. The van der Waals surface area contributed by atoms with Gasteiger partial charge in [-0.2, -0.15) is 0 Å². The zero-order valence-electron chi connectivity index (χ0n) is 9.73. The highest BCUT2D eigenvalue weighted by Gasteiger charge is 2.23. The first kappa shape index (κ1) is 14.9. The van der Waals surface area contributed by atoms with Crippen LogP contribution in [0.5, 0.6) is 0 Å². The highest BCUT2D eigenvalue weighted by molar-refractivity contribution is 8.08. The van der Waals surface area contributed by atoms with E-state index in [1.165, 1.54) is 0 Å². The SMILES string of the molecule is CC(C)CS(=O)(=O)CS(=O)(=O)CC(C)C. The summed E-state index contributed by atoms with van der Waals surface area (Å²) in [5.74, 6) is -0.206. The second-order valence-electron chi connectivity index (χ2n) is 4.73. The molecule has 0 aromatic heterocycles. The van der Waals surface area contributed by atoms with Crippen molar-refractivity contribution in [3.8, 4) is 0 Å². The maximum atomic E-state index is 11.5. The van der Waals surface area contributed by atoms with Crippen molar-refractivity contribution in [2.45, 2.75) is 27.7 Å². The zero-order valence-corrected chi connectivity index (χ0v) is 11.4. The van der Waals surface area contributed by atoms with E-state index < -0.39 is 24.8 Å². The van der Waals surface area contributed by atoms with Crippen LogP contribution in [0.3, 0.4) is 0 Å². The fraction of sp³-hybridized carbons (Fsp3) is 1.00. The van der Waals surface area contributed by atoms with E-state index in [1.807, 2.05) is 0 Å². The Balaban J connectivity index is 4.60. The summed E-state index contributed by atoms with van der Waals surface area (Å²) in [6.45, 7) is 7.03. The molecule has 0 saturated carbocycles. The van der Waals surface area contributed by atoms with Crippen LogP contribution in [0.1, 0.15) is 27.7 Å². The third-order valence-corrected chi connectivity index (χ3v) is 6.76. The molecule has 0 heterocycles. The molecule has 0 unspecified atom stereocenters. The minimum absolute atomic E-state index is 0.0377. The number of rotatable bonds is 6. The second-order valence-corrected chi connectivity index (χ2v) is 9.31. The summed E-state index contributed by atoms with van der Waals surface area (Å²) in [4.78, 5) is 0. The van der Waals surface area contributed by atoms with Crippen LogP contribution in [-0.4, -0.2) is 33.4 Å². The monoisotopic (exact) mass is 256 g/mol. The van der Waals surface area contributed by atoms with Crippen molar-refractivity contribution in [3.05, 3.63) is 0 Å². The molecule has 92 valence electrons. The van der Waals surface area contributed by atoms with E-state index in [0.29, 0.717) is 0 Å². The summed E-state index contributed by atoms with van der Waals surface area (Å²) in [6.07, 6.45) is 0. The Morgan fingerprint density at radius 2 is 1.00 bits per heavy atom. The van der Waals surface area contributed by atoms with Gasteiger partial charge in [-0.25, -0.2) is 16.8 Å². The van der Waals surface area contributed by atoms with E-state index >= 15 is 0 Å². The molecule has 0 rings (SSSR count). The van der Waals surface area contributed by atoms with Crippen molar-refractivity contribution >= 4 is 19.7 Å². The normalized spacial score (nSPS) is 13.7. The first-order valence-electron chi connectivity index (χ1n) is 4.95. The van der Waals surface area contributed by atoms with Crippen LogP contribution >= 0.6 is 0 Å². The van der Waals surface area contributed by atoms with Gasteiger partial charge in [-0.05, 0) is 11.8 Å². The predicted molar refractivity (Wildman–Crippen MR) is 62.1 cm³/mol. The Kier molecular flexibility index (Phi) is 5.26. The summed E-state index contributed by atoms with van der Waals surface area (Å²) < 4.78 is 45.8. The van der Waals surface area contributed by atoms with Gasteiger partial charge < -0.3 is 0 Å². The first-order valence-corrected chi connectivity index (χ1v) is 8.59. The summed E-state index contributed by atoms with van der Waals surface area (Å²) in [5.41, 5.74) is 0. The van der Waals surface area contributed by atoms with Gasteiger partial charge in [0, 0.05) is 0 Å². The molecule has 0 aliphatic heterocycles. The lowest BCUT2D eigenvalue weighted by Gasteiger charge is -2.09. The lowest BCUT2D eigenvalue weighted by Crippen LogP contribution is -2.25. The highest BCUT2D eigenvalue weighted by Crippen LogP contribution is 2.08. The van der Waals surface area contributed by atoms with Crippen LogP contribution in [0.4, 0.5) is 0 Å². The van der Waals surface area contributed by atoms with E-state index in [9.17, 15) is 16.8 Å². The maximum absolute atomic E-state index is 11.5. The molecule has 0 amide bonds. The zero-order chi connectivity index (χ0) is 12.3. The molecular weight excluding hydrogens is 236 g/mol. The Hall–Kier alpha value is -0.100. The minimum atomic E-state index is -3.47. The maximum Gasteiger partial charge on any atom is 0.164 e. The van der Waals surface area contributed by atoms with Crippen LogP contribution in [0.25, 0.3) is 0 Å². The molecule has 0 radical (unpaired) electrons. The molecule has 15 heavy (non-hydrogen) atoms. The third kappa shape index (κ3) is 7.79. The summed E-state index contributed by atoms with van der Waals surface area (Å²) >= 11 is 0. The fourth-order valence-electron chi connectivity index (χ4n) is 1.39. The molecule has 6 heteroatoms. The second kappa shape index (κ2) is 5.30. The van der Waals surface area contributed by atoms with Gasteiger partial charge in [-0.15, -0.1) is 0 Å². The van der Waals surface area contributed by atoms with Crippen molar-refractivity contribution in [1.82, 2.24) is 0 Å². The van der Waals surface area contributed by atoms with Gasteiger partial charge in [-0.3, -0.25) is 0 Å². The fourth-order valence-corrected chi connectivity index (χ4v) is 6.38. The van der Waals surface area contributed by atoms with Gasteiger partial charge in [0.05, 0.1) is 11.5 Å². The van der Waals surface area contributed by atoms with Crippen LogP contribution in [-0.2, 0) is 19.7 Å². The molecular formula is C9H20O4S2. The summed E-state index contributed by atoms with van der Waals surface area (Å²) in [6, 6.07) is 0. The van der Waals surface area contributed by atoms with E-state index in [1.54, 1.807) is 27.7 Å². The van der Waals surface area contributed by atoms with Crippen LogP contribution < -0.4 is 0 Å². The summed E-state index contributed by atoms with van der Waals surface area (Å²) in [7, 11) is -6.94. The van der Waals surface area contributed by atoms with E-state index in [4.69, 9.17) is 0 Å². The van der Waals surface area contributed by atoms with Gasteiger partial charge >= 0.3 is 0 Å². The lowest BCUT2D eigenvalue weighted by molar-refractivity contribution is 0.575. The molecule has 0 spiro atoms. The Morgan fingerprint density at radius 3 is 1.20 bits per heavy atom. The molecule has 0 bridgehead atoms. The largest absolute Gasteiger partial charge is 0.228 e. The predicted octanol–water partition coefficient (Wildman–Crippen LogP) is 1.09. The molecule has 0 aliphatic rings. The van der Waals surface area contributed by atoms with Gasteiger partial charge in [0.15, 0.2) is 24.8 Å². The smallest absolute Gasteiger partial charge is 0.164 e. The molecule has 4 nitrogen and oxygen atoms in total. The number of hydrogen-bond acceptors (Lipinski definition) is 4. The van der Waals surface area contributed by atoms with Gasteiger partial charge in [-0.1, -0.05) is 27.7 Å². The Morgan fingerprint density at radius 1 is 0.733 bits per heavy atom. The average molecular weight is 256 g/mol. The minimum Gasteiger partial charge on any atom is -0.228 e.